The van der Waals surface area contributed by atoms with Gasteiger partial charge in [0.1, 0.15) is 0 Å². The largest absolute Gasteiger partial charge is 0.469 e. The molecule has 0 spiro atoms. The van der Waals surface area contributed by atoms with E-state index in [1.54, 1.807) is 12.1 Å². The summed E-state index contributed by atoms with van der Waals surface area (Å²) in [6, 6.07) is 5.14. The molecule has 0 saturated carbocycles. The topological polar surface area (TPSA) is 98.3 Å². The Labute approximate surface area is 115 Å². The number of esters is 1. The monoisotopic (exact) mass is 278 g/mol. The predicted octanol–water partition coefficient (Wildman–Crippen LogP) is 1.71. The Morgan fingerprint density at radius 1 is 1.50 bits per heavy atom. The lowest BCUT2D eigenvalue weighted by Crippen LogP contribution is -2.16. The van der Waals surface area contributed by atoms with Gasteiger partial charge in [-0.15, -0.1) is 0 Å². The maximum Gasteiger partial charge on any atom is 0.417 e. The molecular weight excluding hydrogens is 260 g/mol. The number of oxazole rings is 1. The highest BCUT2D eigenvalue weighted by atomic mass is 16.5. The van der Waals surface area contributed by atoms with Crippen LogP contribution in [-0.2, 0) is 9.53 Å². The summed E-state index contributed by atoms with van der Waals surface area (Å²) >= 11 is 0. The number of rotatable bonds is 5. The van der Waals surface area contributed by atoms with Crippen molar-refractivity contribution in [3.63, 3.8) is 0 Å². The summed E-state index contributed by atoms with van der Waals surface area (Å²) < 4.78 is 9.64. The number of nitrogens with one attached hydrogen (secondary N) is 1. The average Bonchev–Trinajstić information content (AvgIpc) is 2.77. The summed E-state index contributed by atoms with van der Waals surface area (Å²) in [7, 11) is 1.37. The molecule has 0 radical (unpaired) electrons. The van der Waals surface area contributed by atoms with E-state index < -0.39 is 5.76 Å². The number of fused-ring (bicyclic) bond motifs is 1. The second kappa shape index (κ2) is 5.92. The second-order valence-electron chi connectivity index (χ2n) is 5.00. The molecule has 20 heavy (non-hydrogen) atoms. The molecule has 108 valence electrons. The molecule has 6 heteroatoms. The summed E-state index contributed by atoms with van der Waals surface area (Å²) in [6.07, 6.45) is 0.987. The first-order valence-corrected chi connectivity index (χ1v) is 6.44. The zero-order valence-corrected chi connectivity index (χ0v) is 11.5. The SMILES string of the molecule is COC(=O)CC(C)CC(N)c1ccc2[nH]c(=O)oc2c1. The fourth-order valence-corrected chi connectivity index (χ4v) is 2.21. The van der Waals surface area contributed by atoms with Crippen LogP contribution in [0.3, 0.4) is 0 Å². The Morgan fingerprint density at radius 3 is 2.95 bits per heavy atom. The van der Waals surface area contributed by atoms with E-state index >= 15 is 0 Å². The van der Waals surface area contributed by atoms with E-state index in [9.17, 15) is 9.59 Å². The minimum absolute atomic E-state index is 0.117. The quantitative estimate of drug-likeness (QED) is 0.811. The molecule has 1 heterocycles. The van der Waals surface area contributed by atoms with Gasteiger partial charge >= 0.3 is 11.7 Å². The van der Waals surface area contributed by atoms with Crippen LogP contribution in [0.4, 0.5) is 0 Å². The number of nitrogens with two attached hydrogens (primary N) is 1. The number of aromatic amines is 1. The van der Waals surface area contributed by atoms with Crippen molar-refractivity contribution >= 4 is 17.1 Å². The standard InChI is InChI=1S/C14H18N2O4/c1-8(6-13(17)19-2)5-10(15)9-3-4-11-12(7-9)20-14(18)16-11/h3-4,7-8,10H,5-6,15H2,1-2H3,(H,16,18). The van der Waals surface area contributed by atoms with Crippen molar-refractivity contribution in [2.45, 2.75) is 25.8 Å². The highest BCUT2D eigenvalue weighted by molar-refractivity contribution is 5.73. The molecule has 0 amide bonds. The van der Waals surface area contributed by atoms with Gasteiger partial charge in [0, 0.05) is 12.5 Å². The molecule has 0 aliphatic carbocycles. The summed E-state index contributed by atoms with van der Waals surface area (Å²) in [5.41, 5.74) is 8.14. The van der Waals surface area contributed by atoms with Crippen molar-refractivity contribution in [1.29, 1.82) is 0 Å². The number of aromatic nitrogens is 1. The Bertz CT molecular complexity index is 658. The third-order valence-electron chi connectivity index (χ3n) is 3.27. The molecule has 3 N–H and O–H groups in total. The Balaban J connectivity index is 2.08. The molecule has 0 fully saturated rings. The first-order valence-electron chi connectivity index (χ1n) is 6.44. The Morgan fingerprint density at radius 2 is 2.25 bits per heavy atom. The molecule has 0 aliphatic rings. The molecule has 2 atom stereocenters. The lowest BCUT2D eigenvalue weighted by molar-refractivity contribution is -0.141. The van der Waals surface area contributed by atoms with Gasteiger partial charge in [0.05, 0.1) is 12.6 Å². The molecule has 6 nitrogen and oxygen atoms in total. The molecule has 2 unspecified atom stereocenters. The van der Waals surface area contributed by atoms with E-state index in [2.05, 4.69) is 9.72 Å². The van der Waals surface area contributed by atoms with Crippen molar-refractivity contribution in [3.8, 4) is 0 Å². The number of carbonyl (C=O) groups is 1. The Kier molecular flexibility index (Phi) is 4.24. The van der Waals surface area contributed by atoms with Crippen LogP contribution in [0.5, 0.6) is 0 Å². The fraction of sp³-hybridized carbons (Fsp3) is 0.429. The molecule has 0 bridgehead atoms. The maximum atomic E-state index is 11.2. The zero-order chi connectivity index (χ0) is 14.7. The Hall–Kier alpha value is -2.08. The van der Waals surface area contributed by atoms with Crippen LogP contribution in [0.25, 0.3) is 11.1 Å². The normalized spacial score (nSPS) is 14.2. The third-order valence-corrected chi connectivity index (χ3v) is 3.27. The van der Waals surface area contributed by atoms with Crippen molar-refractivity contribution in [2.75, 3.05) is 7.11 Å². The van der Waals surface area contributed by atoms with Crippen LogP contribution >= 0.6 is 0 Å². The minimum Gasteiger partial charge on any atom is -0.469 e. The molecule has 0 aliphatic heterocycles. The molecular formula is C14H18N2O4. The van der Waals surface area contributed by atoms with Crippen molar-refractivity contribution in [2.24, 2.45) is 11.7 Å². The molecule has 1 aromatic heterocycles. The highest BCUT2D eigenvalue weighted by Crippen LogP contribution is 2.23. The lowest BCUT2D eigenvalue weighted by Gasteiger charge is -2.16. The van der Waals surface area contributed by atoms with Crippen LogP contribution in [0.2, 0.25) is 0 Å². The molecule has 2 rings (SSSR count). The van der Waals surface area contributed by atoms with Gasteiger partial charge in [0.15, 0.2) is 5.58 Å². The minimum atomic E-state index is -0.482. The zero-order valence-electron chi connectivity index (χ0n) is 11.5. The van der Waals surface area contributed by atoms with E-state index in [0.29, 0.717) is 23.9 Å². The van der Waals surface area contributed by atoms with Gasteiger partial charge in [-0.05, 0) is 30.0 Å². The smallest absolute Gasteiger partial charge is 0.417 e. The number of benzene rings is 1. The van der Waals surface area contributed by atoms with Crippen LogP contribution < -0.4 is 11.5 Å². The van der Waals surface area contributed by atoms with Crippen LogP contribution in [-0.4, -0.2) is 18.1 Å². The van der Waals surface area contributed by atoms with Gasteiger partial charge in [0.2, 0.25) is 0 Å². The first kappa shape index (κ1) is 14.3. The summed E-state index contributed by atoms with van der Waals surface area (Å²) in [5.74, 6) is -0.604. The summed E-state index contributed by atoms with van der Waals surface area (Å²) in [4.78, 5) is 24.9. The van der Waals surface area contributed by atoms with Crippen molar-refractivity contribution in [3.05, 3.63) is 34.3 Å². The van der Waals surface area contributed by atoms with Crippen molar-refractivity contribution < 1.29 is 13.9 Å². The number of hydrogen-bond donors (Lipinski definition) is 2. The van der Waals surface area contributed by atoms with E-state index in [-0.39, 0.29) is 17.9 Å². The van der Waals surface area contributed by atoms with E-state index in [0.717, 1.165) is 5.56 Å². The van der Waals surface area contributed by atoms with E-state index in [4.69, 9.17) is 10.2 Å². The maximum absolute atomic E-state index is 11.2. The number of H-pyrrole nitrogens is 1. The predicted molar refractivity (Wildman–Crippen MR) is 74.2 cm³/mol. The summed E-state index contributed by atoms with van der Waals surface area (Å²) in [6.45, 7) is 1.95. The highest BCUT2D eigenvalue weighted by Gasteiger charge is 2.15. The van der Waals surface area contributed by atoms with Gasteiger partial charge in [-0.25, -0.2) is 4.79 Å². The number of carbonyl (C=O) groups excluding carboxylic acids is 1. The molecule has 0 saturated heterocycles. The number of ether oxygens (including phenoxy) is 1. The van der Waals surface area contributed by atoms with Gasteiger partial charge < -0.3 is 14.9 Å². The fourth-order valence-electron chi connectivity index (χ4n) is 2.21. The van der Waals surface area contributed by atoms with Crippen LogP contribution in [0, 0.1) is 5.92 Å². The van der Waals surface area contributed by atoms with E-state index in [1.165, 1.54) is 7.11 Å². The summed E-state index contributed by atoms with van der Waals surface area (Å²) in [5, 5.41) is 0. The molecule has 2 aromatic rings. The molecule has 1 aromatic carbocycles. The second-order valence-corrected chi connectivity index (χ2v) is 5.00. The van der Waals surface area contributed by atoms with Gasteiger partial charge in [0.25, 0.3) is 0 Å². The first-order chi connectivity index (χ1) is 9.49. The van der Waals surface area contributed by atoms with Crippen LogP contribution in [0.1, 0.15) is 31.4 Å². The van der Waals surface area contributed by atoms with Crippen molar-refractivity contribution in [1.82, 2.24) is 4.98 Å². The number of hydrogen-bond acceptors (Lipinski definition) is 5. The van der Waals surface area contributed by atoms with E-state index in [1.807, 2.05) is 13.0 Å². The van der Waals surface area contributed by atoms with Crippen LogP contribution in [0.15, 0.2) is 27.4 Å². The number of methoxy groups -OCH3 is 1. The van der Waals surface area contributed by atoms with Gasteiger partial charge in [-0.1, -0.05) is 13.0 Å². The average molecular weight is 278 g/mol. The van der Waals surface area contributed by atoms with Gasteiger partial charge in [-0.3, -0.25) is 9.78 Å². The third kappa shape index (κ3) is 3.27. The van der Waals surface area contributed by atoms with Gasteiger partial charge in [-0.2, -0.15) is 0 Å². The lowest BCUT2D eigenvalue weighted by atomic mass is 9.94.